The Morgan fingerprint density at radius 1 is 0.667 bits per heavy atom. The Kier molecular flexibility index (Phi) is 17.1. The molecular formula is C46H53FN6O6S. The van der Waals surface area contributed by atoms with E-state index in [-0.39, 0.29) is 11.7 Å². The summed E-state index contributed by atoms with van der Waals surface area (Å²) in [6, 6.07) is 21.9. The first-order valence-corrected chi connectivity index (χ1v) is 21.0. The normalized spacial score (nSPS) is 11.2. The first-order chi connectivity index (χ1) is 29.1. The maximum absolute atomic E-state index is 12.7. The molecule has 0 radical (unpaired) electrons. The largest absolute Gasteiger partial charge is 0.497 e. The third-order valence-electron chi connectivity index (χ3n) is 8.92. The van der Waals surface area contributed by atoms with Crippen LogP contribution < -0.4 is 4.74 Å². The molecule has 316 valence electrons. The van der Waals surface area contributed by atoms with E-state index >= 15 is 0 Å². The van der Waals surface area contributed by atoms with E-state index in [1.165, 1.54) is 28.3 Å². The molecule has 0 aliphatic carbocycles. The van der Waals surface area contributed by atoms with E-state index in [0.717, 1.165) is 84.2 Å². The van der Waals surface area contributed by atoms with Crippen LogP contribution in [0.4, 0.5) is 4.39 Å². The van der Waals surface area contributed by atoms with Gasteiger partial charge in [-0.3, -0.25) is 0 Å². The fraction of sp³-hybridized carbons (Fsp3) is 0.348. The highest BCUT2D eigenvalue weighted by molar-refractivity contribution is 7.15. The van der Waals surface area contributed by atoms with E-state index in [9.17, 15) is 4.39 Å². The second-order valence-corrected chi connectivity index (χ2v) is 15.0. The molecule has 0 aliphatic heterocycles. The van der Waals surface area contributed by atoms with Gasteiger partial charge in [0.25, 0.3) is 0 Å². The summed E-state index contributed by atoms with van der Waals surface area (Å²) in [5.74, 6) is 6.43. The van der Waals surface area contributed by atoms with E-state index in [0.29, 0.717) is 29.3 Å². The second kappa shape index (κ2) is 22.9. The molecular weight excluding hydrogens is 784 g/mol. The lowest BCUT2D eigenvalue weighted by Gasteiger charge is -1.98. The van der Waals surface area contributed by atoms with Crippen molar-refractivity contribution in [3.05, 3.63) is 125 Å². The first-order valence-electron chi connectivity index (χ1n) is 20.2. The maximum Gasteiger partial charge on any atom is 0.229 e. The number of nitrogens with zero attached hydrogens (tertiary/aromatic N) is 6. The number of furan rings is 1. The molecule has 6 aromatic heterocycles. The highest BCUT2D eigenvalue weighted by atomic mass is 32.1. The molecule has 0 N–H and O–H groups in total. The molecule has 0 saturated heterocycles. The topological polar surface area (TPSA) is 152 Å². The monoisotopic (exact) mass is 836 g/mol. The average molecular weight is 837 g/mol. The summed E-state index contributed by atoms with van der Waals surface area (Å²) in [7, 11) is 1.64. The molecule has 0 saturated carbocycles. The van der Waals surface area contributed by atoms with Crippen LogP contribution in [-0.4, -0.2) is 37.4 Å². The van der Waals surface area contributed by atoms with Crippen LogP contribution in [0.25, 0.3) is 44.8 Å². The zero-order chi connectivity index (χ0) is 42.9. The lowest BCUT2D eigenvalue weighted by Crippen LogP contribution is -1.90. The predicted octanol–water partition coefficient (Wildman–Crippen LogP) is 12.9. The zero-order valence-corrected chi connectivity index (χ0v) is 36.3. The zero-order valence-electron chi connectivity index (χ0n) is 35.5. The van der Waals surface area contributed by atoms with Crippen molar-refractivity contribution in [3.8, 4) is 50.6 Å². The lowest BCUT2D eigenvalue weighted by molar-refractivity contribution is 0.357. The molecule has 6 heterocycles. The van der Waals surface area contributed by atoms with Crippen molar-refractivity contribution < 1.29 is 31.4 Å². The van der Waals surface area contributed by atoms with Gasteiger partial charge in [-0.2, -0.15) is 9.97 Å². The number of ether oxygens (including phenoxy) is 1. The van der Waals surface area contributed by atoms with Gasteiger partial charge in [0.1, 0.15) is 41.2 Å². The summed E-state index contributed by atoms with van der Waals surface area (Å²) in [5.41, 5.74) is 3.42. The van der Waals surface area contributed by atoms with Gasteiger partial charge in [-0.1, -0.05) is 51.4 Å². The Labute approximate surface area is 354 Å². The van der Waals surface area contributed by atoms with Crippen molar-refractivity contribution in [2.45, 2.75) is 99.3 Å². The summed E-state index contributed by atoms with van der Waals surface area (Å²) >= 11 is 1.80. The van der Waals surface area contributed by atoms with Crippen molar-refractivity contribution in [1.82, 2.24) is 30.2 Å². The number of hydrogen-bond acceptors (Lipinski definition) is 13. The summed E-state index contributed by atoms with van der Waals surface area (Å²) in [6.45, 7) is 14.2. The molecule has 12 nitrogen and oxygen atoms in total. The highest BCUT2D eigenvalue weighted by Crippen LogP contribution is 2.28. The van der Waals surface area contributed by atoms with E-state index < -0.39 is 0 Å². The molecule has 8 rings (SSSR count). The second-order valence-electron chi connectivity index (χ2n) is 13.8. The van der Waals surface area contributed by atoms with Gasteiger partial charge in [0.2, 0.25) is 23.4 Å². The smallest absolute Gasteiger partial charge is 0.229 e. The molecule has 0 bridgehead atoms. The van der Waals surface area contributed by atoms with Gasteiger partial charge in [0.05, 0.1) is 12.0 Å². The van der Waals surface area contributed by atoms with Gasteiger partial charge in [-0.05, 0) is 98.5 Å². The minimum absolute atomic E-state index is 0.252. The van der Waals surface area contributed by atoms with Gasteiger partial charge in [-0.25, -0.2) is 14.4 Å². The Morgan fingerprint density at radius 3 is 1.88 bits per heavy atom. The first kappa shape index (κ1) is 44.9. The standard InChI is InChI=1S/C12H13FN2O.C12H14N2O2.C11H13NO2.C11H13NOS/c1-3-8(2)12-14-11(15-16-12)9-4-6-10(13)7-5-9;1-3-4-11-13-12(14-16-11)9-5-7-10(15-2)8-6-9;2*1-3-4-9-5-6-11(14-9)10-7-13-8(2)12-10/h4-8H,3H2,1-2H3;5-8H,3-4H2,1-2H3;2*5-7H,3-4H2,1-2H3. The summed E-state index contributed by atoms with van der Waals surface area (Å²) in [4.78, 5) is 19.7. The molecule has 0 aliphatic rings. The maximum atomic E-state index is 12.7. The lowest BCUT2D eigenvalue weighted by atomic mass is 10.1. The molecule has 8 aromatic rings. The van der Waals surface area contributed by atoms with Crippen molar-refractivity contribution in [2.24, 2.45) is 0 Å². The molecule has 14 heteroatoms. The number of rotatable bonds is 13. The van der Waals surface area contributed by atoms with Crippen molar-refractivity contribution in [3.63, 3.8) is 0 Å². The molecule has 0 spiro atoms. The quantitative estimate of drug-likeness (QED) is 0.109. The van der Waals surface area contributed by atoms with Crippen molar-refractivity contribution in [1.29, 1.82) is 0 Å². The third kappa shape index (κ3) is 13.2. The van der Waals surface area contributed by atoms with Crippen LogP contribution in [0.2, 0.25) is 0 Å². The van der Waals surface area contributed by atoms with Crippen molar-refractivity contribution >= 4 is 11.3 Å². The van der Waals surface area contributed by atoms with Crippen LogP contribution in [0, 0.1) is 19.7 Å². The van der Waals surface area contributed by atoms with Gasteiger partial charge >= 0.3 is 0 Å². The molecule has 1 unspecified atom stereocenters. The predicted molar refractivity (Wildman–Crippen MR) is 230 cm³/mol. The Bertz CT molecular complexity index is 2340. The highest BCUT2D eigenvalue weighted by Gasteiger charge is 2.14. The minimum Gasteiger partial charge on any atom is -0.497 e. The Hall–Kier alpha value is -6.15. The third-order valence-corrected chi connectivity index (χ3v) is 10.1. The fourth-order valence-corrected chi connectivity index (χ4v) is 6.56. The molecule has 2 aromatic carbocycles. The van der Waals surface area contributed by atoms with Gasteiger partial charge in [0.15, 0.2) is 17.5 Å². The molecule has 60 heavy (non-hydrogen) atoms. The number of aryl methyl sites for hydroxylation is 5. The molecule has 1 atom stereocenters. The van der Waals surface area contributed by atoms with E-state index in [1.807, 2.05) is 57.2 Å². The summed E-state index contributed by atoms with van der Waals surface area (Å²) < 4.78 is 44.0. The van der Waals surface area contributed by atoms with Crippen LogP contribution in [0.5, 0.6) is 5.75 Å². The van der Waals surface area contributed by atoms with E-state index in [2.05, 4.69) is 70.1 Å². The number of aromatic nitrogens is 6. The number of halogens is 1. The number of methoxy groups -OCH3 is 1. The molecule has 0 fully saturated rings. The van der Waals surface area contributed by atoms with Crippen LogP contribution in [0.1, 0.15) is 100 Å². The van der Waals surface area contributed by atoms with E-state index in [1.54, 1.807) is 43.1 Å². The SMILES string of the molecule is CCC(C)c1nc(-c2ccc(F)cc2)no1.CCCc1ccc(-c2coc(C)n2)o1.CCCc1ccc(-c2coc(C)n2)s1.CCCc1nc(-c2ccc(OC)cc2)no1. The number of oxazole rings is 2. The van der Waals surface area contributed by atoms with Gasteiger partial charge in [0, 0.05) is 48.6 Å². The Balaban J connectivity index is 0.000000152. The van der Waals surface area contributed by atoms with Gasteiger partial charge in [-0.15, -0.1) is 11.3 Å². The molecule has 0 amide bonds. The Morgan fingerprint density at radius 2 is 1.28 bits per heavy atom. The minimum atomic E-state index is -0.269. The number of benzene rings is 2. The van der Waals surface area contributed by atoms with Gasteiger partial charge < -0.3 is 27.0 Å². The van der Waals surface area contributed by atoms with Crippen LogP contribution in [0.15, 0.2) is 108 Å². The van der Waals surface area contributed by atoms with Crippen LogP contribution in [0.3, 0.4) is 0 Å². The van der Waals surface area contributed by atoms with Crippen LogP contribution >= 0.6 is 11.3 Å². The fourth-order valence-electron chi connectivity index (χ4n) is 5.50. The summed E-state index contributed by atoms with van der Waals surface area (Å²) in [5, 5.41) is 7.81. The van der Waals surface area contributed by atoms with Crippen molar-refractivity contribution in [2.75, 3.05) is 7.11 Å². The summed E-state index contributed by atoms with van der Waals surface area (Å²) in [6.07, 6.45) is 10.5. The van der Waals surface area contributed by atoms with E-state index in [4.69, 9.17) is 27.0 Å². The number of hydrogen-bond donors (Lipinski definition) is 0. The average Bonchev–Trinajstić information content (AvgIpc) is 4.13. The van der Waals surface area contributed by atoms with Crippen LogP contribution in [-0.2, 0) is 19.3 Å². The number of thiophene rings is 1.